The average Bonchev–Trinajstić information content (AvgIpc) is 2.91. The summed E-state index contributed by atoms with van der Waals surface area (Å²) < 4.78 is 5.15. The van der Waals surface area contributed by atoms with E-state index in [1.807, 2.05) is 0 Å². The number of nitrogens with zero attached hydrogens (tertiary/aromatic N) is 1. The van der Waals surface area contributed by atoms with E-state index in [0.717, 1.165) is 16.7 Å². The van der Waals surface area contributed by atoms with Gasteiger partial charge in [0.2, 0.25) is 5.91 Å². The number of hydrogen-bond acceptors (Lipinski definition) is 6. The van der Waals surface area contributed by atoms with E-state index in [-0.39, 0.29) is 17.2 Å². The molecular formula is C20H18N2O5S. The van der Waals surface area contributed by atoms with E-state index in [2.05, 4.69) is 5.32 Å². The monoisotopic (exact) mass is 398 g/mol. The van der Waals surface area contributed by atoms with Crippen molar-refractivity contribution in [3.05, 3.63) is 58.5 Å². The van der Waals surface area contributed by atoms with Crippen LogP contribution in [-0.4, -0.2) is 40.7 Å². The Balaban J connectivity index is 1.71. The summed E-state index contributed by atoms with van der Waals surface area (Å²) in [7, 11) is 1.54. The molecule has 2 N–H and O–H groups in total. The van der Waals surface area contributed by atoms with Crippen molar-refractivity contribution < 1.29 is 24.2 Å². The van der Waals surface area contributed by atoms with Gasteiger partial charge in [-0.15, -0.1) is 0 Å². The fourth-order valence-electron chi connectivity index (χ4n) is 2.64. The Morgan fingerprint density at radius 3 is 2.75 bits per heavy atom. The Hall–Kier alpha value is -3.26. The van der Waals surface area contributed by atoms with Crippen LogP contribution in [0, 0.1) is 6.92 Å². The predicted molar refractivity (Wildman–Crippen MR) is 107 cm³/mol. The second-order valence-corrected chi connectivity index (χ2v) is 7.09. The third-order valence-corrected chi connectivity index (χ3v) is 4.96. The number of aromatic hydroxyl groups is 1. The average molecular weight is 398 g/mol. The van der Waals surface area contributed by atoms with Crippen LogP contribution in [0.15, 0.2) is 47.4 Å². The molecule has 0 saturated carbocycles. The van der Waals surface area contributed by atoms with Gasteiger partial charge in [0.15, 0.2) is 0 Å². The van der Waals surface area contributed by atoms with Gasteiger partial charge in [-0.25, -0.2) is 0 Å². The zero-order chi connectivity index (χ0) is 20.3. The second kappa shape index (κ2) is 8.18. The first-order valence-corrected chi connectivity index (χ1v) is 9.18. The van der Waals surface area contributed by atoms with Gasteiger partial charge in [0.1, 0.15) is 18.0 Å². The van der Waals surface area contributed by atoms with Crippen LogP contribution < -0.4 is 10.1 Å². The Kier molecular flexibility index (Phi) is 5.70. The van der Waals surface area contributed by atoms with E-state index in [1.165, 1.54) is 12.1 Å². The standard InChI is InChI=1S/C20H18N2O5S/c1-12-8-14(23)6-7-16(12)21-18(24)11-22-19(25)17(28-20(22)26)10-13-4-3-5-15(9-13)27-2/h3-10,23H,11H2,1-2H3,(H,21,24)/b17-10-. The molecule has 144 valence electrons. The molecule has 0 aromatic heterocycles. The van der Waals surface area contributed by atoms with Gasteiger partial charge in [0.05, 0.1) is 12.0 Å². The molecule has 0 bridgehead atoms. The van der Waals surface area contributed by atoms with Gasteiger partial charge in [-0.1, -0.05) is 12.1 Å². The van der Waals surface area contributed by atoms with E-state index in [1.54, 1.807) is 50.4 Å². The number of carbonyl (C=O) groups excluding carboxylic acids is 3. The van der Waals surface area contributed by atoms with Gasteiger partial charge in [0, 0.05) is 5.69 Å². The van der Waals surface area contributed by atoms with E-state index < -0.39 is 17.1 Å². The van der Waals surface area contributed by atoms with Crippen molar-refractivity contribution in [2.75, 3.05) is 19.0 Å². The van der Waals surface area contributed by atoms with Gasteiger partial charge < -0.3 is 15.2 Å². The molecule has 0 radical (unpaired) electrons. The molecule has 0 unspecified atom stereocenters. The molecule has 1 aliphatic heterocycles. The van der Waals surface area contributed by atoms with Crippen molar-refractivity contribution in [1.82, 2.24) is 4.90 Å². The van der Waals surface area contributed by atoms with Gasteiger partial charge in [-0.2, -0.15) is 0 Å². The number of ether oxygens (including phenoxy) is 1. The molecule has 8 heteroatoms. The first-order chi connectivity index (χ1) is 13.4. The van der Waals surface area contributed by atoms with Crippen molar-refractivity contribution in [2.24, 2.45) is 0 Å². The summed E-state index contributed by atoms with van der Waals surface area (Å²) in [6, 6.07) is 11.6. The molecule has 0 aliphatic carbocycles. The summed E-state index contributed by atoms with van der Waals surface area (Å²) in [5.41, 5.74) is 1.89. The van der Waals surface area contributed by atoms with Crippen LogP contribution in [-0.2, 0) is 9.59 Å². The number of amides is 3. The highest BCUT2D eigenvalue weighted by Gasteiger charge is 2.36. The topological polar surface area (TPSA) is 95.9 Å². The van der Waals surface area contributed by atoms with Crippen LogP contribution >= 0.6 is 11.8 Å². The lowest BCUT2D eigenvalue weighted by molar-refractivity contribution is -0.127. The highest BCUT2D eigenvalue weighted by atomic mass is 32.2. The van der Waals surface area contributed by atoms with Gasteiger partial charge in [-0.05, 0) is 66.2 Å². The number of rotatable bonds is 5. The van der Waals surface area contributed by atoms with Crippen LogP contribution in [0.3, 0.4) is 0 Å². The Labute approximate surface area is 166 Å². The number of benzene rings is 2. The molecule has 1 saturated heterocycles. The number of thioether (sulfide) groups is 1. The Morgan fingerprint density at radius 2 is 2.04 bits per heavy atom. The maximum absolute atomic E-state index is 12.5. The van der Waals surface area contributed by atoms with E-state index >= 15 is 0 Å². The predicted octanol–water partition coefficient (Wildman–Crippen LogP) is 3.38. The molecular weight excluding hydrogens is 380 g/mol. The molecule has 1 aliphatic rings. The highest BCUT2D eigenvalue weighted by Crippen LogP contribution is 2.32. The van der Waals surface area contributed by atoms with Crippen LogP contribution in [0.1, 0.15) is 11.1 Å². The first-order valence-electron chi connectivity index (χ1n) is 8.36. The molecule has 7 nitrogen and oxygen atoms in total. The number of methoxy groups -OCH3 is 1. The van der Waals surface area contributed by atoms with Crippen molar-refractivity contribution in [1.29, 1.82) is 0 Å². The van der Waals surface area contributed by atoms with Crippen molar-refractivity contribution >= 4 is 40.6 Å². The van der Waals surface area contributed by atoms with Crippen LogP contribution in [0.4, 0.5) is 10.5 Å². The van der Waals surface area contributed by atoms with Gasteiger partial charge in [0.25, 0.3) is 11.1 Å². The fraction of sp³-hybridized carbons (Fsp3) is 0.150. The number of phenolic OH excluding ortho intramolecular Hbond substituents is 1. The fourth-order valence-corrected chi connectivity index (χ4v) is 3.48. The lowest BCUT2D eigenvalue weighted by Crippen LogP contribution is -2.36. The zero-order valence-electron chi connectivity index (χ0n) is 15.3. The molecule has 1 fully saturated rings. The minimum Gasteiger partial charge on any atom is -0.508 e. The van der Waals surface area contributed by atoms with E-state index in [0.29, 0.717) is 22.6 Å². The highest BCUT2D eigenvalue weighted by molar-refractivity contribution is 8.18. The number of phenols is 1. The zero-order valence-corrected chi connectivity index (χ0v) is 16.1. The van der Waals surface area contributed by atoms with E-state index in [4.69, 9.17) is 4.74 Å². The molecule has 3 amide bonds. The molecule has 0 atom stereocenters. The summed E-state index contributed by atoms with van der Waals surface area (Å²) in [6.45, 7) is 1.34. The number of carbonyl (C=O) groups is 3. The van der Waals surface area contributed by atoms with Crippen molar-refractivity contribution in [3.63, 3.8) is 0 Å². The van der Waals surface area contributed by atoms with Crippen LogP contribution in [0.25, 0.3) is 6.08 Å². The Morgan fingerprint density at radius 1 is 1.25 bits per heavy atom. The van der Waals surface area contributed by atoms with E-state index in [9.17, 15) is 19.5 Å². The number of anilines is 1. The minimum absolute atomic E-state index is 0.0871. The molecule has 1 heterocycles. The van der Waals surface area contributed by atoms with Gasteiger partial charge in [-0.3, -0.25) is 19.3 Å². The molecule has 3 rings (SSSR count). The summed E-state index contributed by atoms with van der Waals surface area (Å²) in [4.78, 5) is 38.2. The summed E-state index contributed by atoms with van der Waals surface area (Å²) >= 11 is 0.788. The largest absolute Gasteiger partial charge is 0.508 e. The maximum atomic E-state index is 12.5. The van der Waals surface area contributed by atoms with Crippen molar-refractivity contribution in [2.45, 2.75) is 6.92 Å². The van der Waals surface area contributed by atoms with Crippen molar-refractivity contribution in [3.8, 4) is 11.5 Å². The Bertz CT molecular complexity index is 986. The summed E-state index contributed by atoms with van der Waals surface area (Å²) in [5, 5.41) is 11.6. The lowest BCUT2D eigenvalue weighted by atomic mass is 10.2. The number of aryl methyl sites for hydroxylation is 1. The van der Waals surface area contributed by atoms with Gasteiger partial charge >= 0.3 is 0 Å². The summed E-state index contributed by atoms with van der Waals surface area (Å²) in [6.07, 6.45) is 1.59. The molecule has 0 spiro atoms. The smallest absolute Gasteiger partial charge is 0.294 e. The second-order valence-electron chi connectivity index (χ2n) is 6.09. The lowest BCUT2D eigenvalue weighted by Gasteiger charge is -2.13. The SMILES string of the molecule is COc1cccc(/C=C2\SC(=O)N(CC(=O)Nc3ccc(O)cc3C)C2=O)c1. The third-order valence-electron chi connectivity index (χ3n) is 4.05. The minimum atomic E-state index is -0.518. The quantitative estimate of drug-likeness (QED) is 0.592. The number of nitrogens with one attached hydrogen (secondary N) is 1. The van der Waals surface area contributed by atoms with Crippen LogP contribution in [0.5, 0.6) is 11.5 Å². The summed E-state index contributed by atoms with van der Waals surface area (Å²) in [5.74, 6) is -0.296. The molecule has 2 aromatic carbocycles. The first kappa shape index (κ1) is 19.5. The third kappa shape index (κ3) is 4.34. The number of imide groups is 1. The molecule has 2 aromatic rings. The molecule has 28 heavy (non-hydrogen) atoms. The normalized spacial score (nSPS) is 15.2. The maximum Gasteiger partial charge on any atom is 0.294 e. The number of hydrogen-bond donors (Lipinski definition) is 2. The van der Waals surface area contributed by atoms with Crippen LogP contribution in [0.2, 0.25) is 0 Å².